The summed E-state index contributed by atoms with van der Waals surface area (Å²) in [6.45, 7) is 3.57. The molecular weight excluding hydrogens is 348 g/mol. The predicted molar refractivity (Wildman–Crippen MR) is 92.2 cm³/mol. The van der Waals surface area contributed by atoms with Crippen LogP contribution in [-0.4, -0.2) is 18.1 Å². The number of rotatable bonds is 8. The summed E-state index contributed by atoms with van der Waals surface area (Å²) in [7, 11) is -3.75. The van der Waals surface area contributed by atoms with E-state index in [1.54, 1.807) is 44.2 Å². The second kappa shape index (κ2) is 8.34. The Labute approximate surface area is 145 Å². The highest BCUT2D eigenvalue weighted by atomic mass is 31.2. The fourth-order valence-corrected chi connectivity index (χ4v) is 4.75. The lowest BCUT2D eigenvalue weighted by Crippen LogP contribution is -2.10. The van der Waals surface area contributed by atoms with Crippen molar-refractivity contribution >= 4 is 13.3 Å². The summed E-state index contributed by atoms with van der Waals surface area (Å²) in [6, 6.07) is 11.9. The smallest absolute Gasteiger partial charge is 0.308 e. The van der Waals surface area contributed by atoms with Crippen molar-refractivity contribution in [3.63, 3.8) is 0 Å². The first-order valence-electron chi connectivity index (χ1n) is 7.80. The normalized spacial score (nSPS) is 12.8. The fraction of sp³-hybridized carbons (Fsp3) is 0.294. The molecule has 0 radical (unpaired) electrons. The second-order valence-electron chi connectivity index (χ2n) is 5.15. The van der Waals surface area contributed by atoms with E-state index in [1.165, 1.54) is 12.1 Å². The maximum atomic E-state index is 14.6. The molecule has 134 valence electrons. The van der Waals surface area contributed by atoms with Gasteiger partial charge in [-0.25, -0.2) is 4.39 Å². The number of nitro groups is 1. The Balaban J connectivity index is 2.64. The van der Waals surface area contributed by atoms with E-state index in [2.05, 4.69) is 0 Å². The van der Waals surface area contributed by atoms with E-state index in [0.29, 0.717) is 5.56 Å². The molecule has 2 aromatic carbocycles. The molecule has 8 heteroatoms. The second-order valence-corrected chi connectivity index (χ2v) is 7.26. The molecule has 0 spiro atoms. The standard InChI is InChI=1S/C17H19FNO5P/c1-3-23-25(22,24-4-2)17(13-8-6-5-7-9-13)15-11-10-14(19(20)21)12-16(15)18/h5-12,17H,3-4H2,1-2H3. The monoisotopic (exact) mass is 367 g/mol. The Morgan fingerprint density at radius 3 is 2.20 bits per heavy atom. The number of halogens is 1. The lowest BCUT2D eigenvalue weighted by atomic mass is 10.0. The van der Waals surface area contributed by atoms with Gasteiger partial charge in [0.2, 0.25) is 0 Å². The van der Waals surface area contributed by atoms with Gasteiger partial charge in [-0.1, -0.05) is 30.3 Å². The van der Waals surface area contributed by atoms with Crippen LogP contribution < -0.4 is 0 Å². The molecule has 0 aromatic heterocycles. The molecule has 1 unspecified atom stereocenters. The summed E-state index contributed by atoms with van der Waals surface area (Å²) < 4.78 is 38.8. The minimum atomic E-state index is -3.75. The van der Waals surface area contributed by atoms with Crippen molar-refractivity contribution in [3.05, 3.63) is 75.6 Å². The molecular formula is C17H19FNO5P. The van der Waals surface area contributed by atoms with E-state index < -0.39 is 24.0 Å². The molecule has 6 nitrogen and oxygen atoms in total. The van der Waals surface area contributed by atoms with Crippen molar-refractivity contribution in [2.45, 2.75) is 19.5 Å². The summed E-state index contributed by atoms with van der Waals surface area (Å²) in [6.07, 6.45) is 0. The van der Waals surface area contributed by atoms with Crippen LogP contribution >= 0.6 is 7.60 Å². The van der Waals surface area contributed by atoms with Gasteiger partial charge < -0.3 is 9.05 Å². The first-order valence-corrected chi connectivity index (χ1v) is 9.41. The average molecular weight is 367 g/mol. The predicted octanol–water partition coefficient (Wildman–Crippen LogP) is 5.09. The van der Waals surface area contributed by atoms with Crippen LogP contribution in [0.5, 0.6) is 0 Å². The van der Waals surface area contributed by atoms with Crippen molar-refractivity contribution in [1.29, 1.82) is 0 Å². The molecule has 1 atom stereocenters. The molecule has 0 saturated heterocycles. The zero-order chi connectivity index (χ0) is 18.4. The van der Waals surface area contributed by atoms with Gasteiger partial charge in [0, 0.05) is 11.6 Å². The highest BCUT2D eigenvalue weighted by Crippen LogP contribution is 2.63. The molecule has 25 heavy (non-hydrogen) atoms. The number of benzene rings is 2. The molecule has 2 rings (SSSR count). The van der Waals surface area contributed by atoms with Crippen LogP contribution in [-0.2, 0) is 13.6 Å². The quantitative estimate of drug-likeness (QED) is 0.369. The molecule has 0 heterocycles. The van der Waals surface area contributed by atoms with E-state index >= 15 is 0 Å². The summed E-state index contributed by atoms with van der Waals surface area (Å²) in [5.41, 5.74) is -0.826. The third kappa shape index (κ3) is 4.31. The van der Waals surface area contributed by atoms with Gasteiger partial charge in [0.05, 0.1) is 24.2 Å². The Morgan fingerprint density at radius 2 is 1.72 bits per heavy atom. The molecule has 0 N–H and O–H groups in total. The average Bonchev–Trinajstić information content (AvgIpc) is 2.57. The van der Waals surface area contributed by atoms with Crippen LogP contribution in [0.25, 0.3) is 0 Å². The molecule has 0 aliphatic heterocycles. The lowest BCUT2D eigenvalue weighted by molar-refractivity contribution is -0.385. The Bertz CT molecular complexity index is 774. The molecule has 0 aliphatic carbocycles. The maximum absolute atomic E-state index is 14.6. The lowest BCUT2D eigenvalue weighted by Gasteiger charge is -2.27. The van der Waals surface area contributed by atoms with E-state index in [4.69, 9.17) is 9.05 Å². The zero-order valence-corrected chi connectivity index (χ0v) is 14.8. The first-order chi connectivity index (χ1) is 11.9. The van der Waals surface area contributed by atoms with Crippen LogP contribution in [0.3, 0.4) is 0 Å². The van der Waals surface area contributed by atoms with E-state index in [9.17, 15) is 19.1 Å². The Morgan fingerprint density at radius 1 is 1.12 bits per heavy atom. The summed E-state index contributed by atoms with van der Waals surface area (Å²) in [5, 5.41) is 10.8. The molecule has 0 fully saturated rings. The van der Waals surface area contributed by atoms with Crippen molar-refractivity contribution < 1.29 is 22.9 Å². The van der Waals surface area contributed by atoms with Gasteiger partial charge >= 0.3 is 7.60 Å². The van der Waals surface area contributed by atoms with Gasteiger partial charge in [0.15, 0.2) is 0 Å². The number of nitro benzene ring substituents is 1. The topological polar surface area (TPSA) is 78.7 Å². The van der Waals surface area contributed by atoms with Crippen LogP contribution in [0, 0.1) is 15.9 Å². The summed E-state index contributed by atoms with van der Waals surface area (Å²) >= 11 is 0. The van der Waals surface area contributed by atoms with Gasteiger partial charge in [-0.2, -0.15) is 0 Å². The molecule has 0 bridgehead atoms. The Kier molecular flexibility index (Phi) is 6.42. The number of hydrogen-bond acceptors (Lipinski definition) is 5. The van der Waals surface area contributed by atoms with Gasteiger partial charge in [0.25, 0.3) is 5.69 Å². The fourth-order valence-electron chi connectivity index (χ4n) is 2.57. The number of non-ortho nitro benzene ring substituents is 1. The van der Waals surface area contributed by atoms with Gasteiger partial charge in [-0.05, 0) is 25.5 Å². The van der Waals surface area contributed by atoms with E-state index in [1.807, 2.05) is 0 Å². The van der Waals surface area contributed by atoms with Crippen molar-refractivity contribution in [3.8, 4) is 0 Å². The van der Waals surface area contributed by atoms with E-state index in [-0.39, 0.29) is 24.5 Å². The van der Waals surface area contributed by atoms with Crippen molar-refractivity contribution in [1.82, 2.24) is 0 Å². The largest absolute Gasteiger partial charge is 0.342 e. The molecule has 0 saturated carbocycles. The number of nitrogens with zero attached hydrogens (tertiary/aromatic N) is 1. The van der Waals surface area contributed by atoms with Crippen LogP contribution in [0.15, 0.2) is 48.5 Å². The number of hydrogen-bond donors (Lipinski definition) is 0. The van der Waals surface area contributed by atoms with Gasteiger partial charge in [-0.3, -0.25) is 14.7 Å². The van der Waals surface area contributed by atoms with Crippen molar-refractivity contribution in [2.24, 2.45) is 0 Å². The Hall–Kier alpha value is -2.08. The van der Waals surface area contributed by atoms with Crippen molar-refractivity contribution in [2.75, 3.05) is 13.2 Å². The highest BCUT2D eigenvalue weighted by molar-refractivity contribution is 7.54. The maximum Gasteiger partial charge on any atom is 0.342 e. The third-order valence-corrected chi connectivity index (χ3v) is 5.98. The van der Waals surface area contributed by atoms with Crippen LogP contribution in [0.2, 0.25) is 0 Å². The SMILES string of the molecule is CCOP(=O)(OCC)C(c1ccccc1)c1ccc([N+](=O)[O-])cc1F. The molecule has 0 aliphatic rings. The van der Waals surface area contributed by atoms with Gasteiger partial charge in [-0.15, -0.1) is 0 Å². The first kappa shape index (κ1) is 19.2. The minimum absolute atomic E-state index is 0.0297. The molecule has 0 amide bonds. The third-order valence-electron chi connectivity index (χ3n) is 3.54. The highest BCUT2D eigenvalue weighted by Gasteiger charge is 2.40. The van der Waals surface area contributed by atoms with Crippen LogP contribution in [0.1, 0.15) is 30.6 Å². The summed E-state index contributed by atoms with van der Waals surface area (Å²) in [4.78, 5) is 10.2. The summed E-state index contributed by atoms with van der Waals surface area (Å²) in [5.74, 6) is -0.831. The zero-order valence-electron chi connectivity index (χ0n) is 13.9. The molecule has 2 aromatic rings. The minimum Gasteiger partial charge on any atom is -0.308 e. The van der Waals surface area contributed by atoms with Gasteiger partial charge in [0.1, 0.15) is 11.5 Å². The van der Waals surface area contributed by atoms with Crippen LogP contribution in [0.4, 0.5) is 10.1 Å². The van der Waals surface area contributed by atoms with E-state index in [0.717, 1.165) is 6.07 Å².